The van der Waals surface area contributed by atoms with Crippen molar-refractivity contribution in [3.8, 4) is 0 Å². The molecule has 25 heavy (non-hydrogen) atoms. The molecule has 0 saturated carbocycles. The molecule has 0 atom stereocenters. The van der Waals surface area contributed by atoms with E-state index >= 15 is 0 Å². The van der Waals surface area contributed by atoms with Gasteiger partial charge in [-0.15, -0.1) is 0 Å². The van der Waals surface area contributed by atoms with E-state index in [1.165, 1.54) is 4.90 Å². The van der Waals surface area contributed by atoms with Gasteiger partial charge in [0, 0.05) is 32.7 Å². The SMILES string of the molecule is Cc1ccc(CN2CCN(CC(=O)N3CCCCC3)C(=O)C2=O)cc1. The highest BCUT2D eigenvalue weighted by atomic mass is 16.2. The van der Waals surface area contributed by atoms with Gasteiger partial charge in [0.1, 0.15) is 6.54 Å². The van der Waals surface area contributed by atoms with Crippen LogP contribution < -0.4 is 0 Å². The molecule has 6 heteroatoms. The Balaban J connectivity index is 1.56. The van der Waals surface area contributed by atoms with Crippen LogP contribution in [0.4, 0.5) is 0 Å². The molecule has 1 aromatic carbocycles. The van der Waals surface area contributed by atoms with Gasteiger partial charge in [-0.2, -0.15) is 0 Å². The lowest BCUT2D eigenvalue weighted by atomic mass is 10.1. The zero-order valence-electron chi connectivity index (χ0n) is 14.7. The summed E-state index contributed by atoms with van der Waals surface area (Å²) >= 11 is 0. The fraction of sp³-hybridized carbons (Fsp3) is 0.526. The number of hydrogen-bond donors (Lipinski definition) is 0. The van der Waals surface area contributed by atoms with Gasteiger partial charge in [0.15, 0.2) is 0 Å². The minimum absolute atomic E-state index is 0.0168. The summed E-state index contributed by atoms with van der Waals surface area (Å²) in [6, 6.07) is 7.93. The van der Waals surface area contributed by atoms with Gasteiger partial charge in [-0.3, -0.25) is 14.4 Å². The standard InChI is InChI=1S/C19H25N3O3/c1-15-5-7-16(8-6-15)13-21-11-12-22(19(25)18(21)24)14-17(23)20-9-3-2-4-10-20/h5-8H,2-4,9-14H2,1H3. The average molecular weight is 343 g/mol. The van der Waals surface area contributed by atoms with Crippen molar-refractivity contribution in [2.24, 2.45) is 0 Å². The summed E-state index contributed by atoms with van der Waals surface area (Å²) in [6.45, 7) is 4.85. The predicted molar refractivity (Wildman–Crippen MR) is 93.6 cm³/mol. The Kier molecular flexibility index (Phi) is 5.36. The van der Waals surface area contributed by atoms with Crippen LogP contribution in [0.25, 0.3) is 0 Å². The summed E-state index contributed by atoms with van der Waals surface area (Å²) in [6.07, 6.45) is 3.19. The van der Waals surface area contributed by atoms with Crippen LogP contribution in [0.3, 0.4) is 0 Å². The van der Waals surface area contributed by atoms with E-state index < -0.39 is 11.8 Å². The van der Waals surface area contributed by atoms with Gasteiger partial charge in [0.05, 0.1) is 0 Å². The molecule has 0 unspecified atom stereocenters. The van der Waals surface area contributed by atoms with Crippen molar-refractivity contribution >= 4 is 17.7 Å². The van der Waals surface area contributed by atoms with E-state index in [-0.39, 0.29) is 12.5 Å². The first kappa shape index (κ1) is 17.5. The summed E-state index contributed by atoms with van der Waals surface area (Å²) in [5.74, 6) is -1.13. The Morgan fingerprint density at radius 3 is 2.16 bits per heavy atom. The van der Waals surface area contributed by atoms with E-state index in [1.54, 1.807) is 9.80 Å². The van der Waals surface area contributed by atoms with E-state index in [0.29, 0.717) is 19.6 Å². The van der Waals surface area contributed by atoms with Crippen LogP contribution in [-0.2, 0) is 20.9 Å². The molecule has 0 spiro atoms. The van der Waals surface area contributed by atoms with Crippen molar-refractivity contribution in [2.75, 3.05) is 32.7 Å². The number of carbonyl (C=O) groups excluding carboxylic acids is 3. The number of nitrogens with zero attached hydrogens (tertiary/aromatic N) is 3. The van der Waals surface area contributed by atoms with Gasteiger partial charge in [-0.05, 0) is 31.7 Å². The zero-order valence-corrected chi connectivity index (χ0v) is 14.7. The predicted octanol–water partition coefficient (Wildman–Crippen LogP) is 1.18. The first-order chi connectivity index (χ1) is 12.0. The Hall–Kier alpha value is -2.37. The summed E-state index contributed by atoms with van der Waals surface area (Å²) in [4.78, 5) is 41.8. The Bertz CT molecular complexity index is 650. The Morgan fingerprint density at radius 1 is 0.880 bits per heavy atom. The summed E-state index contributed by atoms with van der Waals surface area (Å²) in [7, 11) is 0. The average Bonchev–Trinajstić information content (AvgIpc) is 2.64. The van der Waals surface area contributed by atoms with Crippen molar-refractivity contribution in [1.29, 1.82) is 0 Å². The zero-order chi connectivity index (χ0) is 17.8. The molecule has 0 radical (unpaired) electrons. The van der Waals surface area contributed by atoms with E-state index in [0.717, 1.165) is 43.5 Å². The first-order valence-corrected chi connectivity index (χ1v) is 8.96. The van der Waals surface area contributed by atoms with Gasteiger partial charge < -0.3 is 14.7 Å². The van der Waals surface area contributed by atoms with E-state index in [4.69, 9.17) is 0 Å². The van der Waals surface area contributed by atoms with Crippen LogP contribution in [0, 0.1) is 6.92 Å². The number of piperazine rings is 1. The van der Waals surface area contributed by atoms with E-state index in [1.807, 2.05) is 31.2 Å². The highest BCUT2D eigenvalue weighted by Gasteiger charge is 2.34. The number of carbonyl (C=O) groups is 3. The molecule has 6 nitrogen and oxygen atoms in total. The molecule has 0 aliphatic carbocycles. The normalized spacial score (nSPS) is 18.7. The van der Waals surface area contributed by atoms with Crippen LogP contribution in [-0.4, -0.2) is 65.1 Å². The second-order valence-electron chi connectivity index (χ2n) is 6.88. The fourth-order valence-electron chi connectivity index (χ4n) is 3.34. The van der Waals surface area contributed by atoms with Crippen molar-refractivity contribution in [2.45, 2.75) is 32.7 Å². The number of aryl methyl sites for hydroxylation is 1. The molecule has 134 valence electrons. The molecule has 2 heterocycles. The van der Waals surface area contributed by atoms with Gasteiger partial charge >= 0.3 is 11.8 Å². The third-order valence-corrected chi connectivity index (χ3v) is 4.93. The molecule has 2 aliphatic rings. The lowest BCUT2D eigenvalue weighted by Crippen LogP contribution is -2.56. The highest BCUT2D eigenvalue weighted by Crippen LogP contribution is 2.13. The maximum atomic E-state index is 12.4. The van der Waals surface area contributed by atoms with Crippen LogP contribution in [0.5, 0.6) is 0 Å². The minimum Gasteiger partial charge on any atom is -0.341 e. The topological polar surface area (TPSA) is 60.9 Å². The third-order valence-electron chi connectivity index (χ3n) is 4.93. The number of hydrogen-bond acceptors (Lipinski definition) is 3. The second-order valence-corrected chi connectivity index (χ2v) is 6.88. The molecule has 2 aliphatic heterocycles. The lowest BCUT2D eigenvalue weighted by Gasteiger charge is -2.35. The molecular formula is C19H25N3O3. The van der Waals surface area contributed by atoms with E-state index in [9.17, 15) is 14.4 Å². The smallest absolute Gasteiger partial charge is 0.312 e. The number of piperidine rings is 1. The fourth-order valence-corrected chi connectivity index (χ4v) is 3.34. The summed E-state index contributed by atoms with van der Waals surface area (Å²) in [5.41, 5.74) is 2.16. The molecule has 1 aromatic rings. The van der Waals surface area contributed by atoms with Crippen molar-refractivity contribution < 1.29 is 14.4 Å². The molecule has 0 aromatic heterocycles. The van der Waals surface area contributed by atoms with Crippen molar-refractivity contribution in [1.82, 2.24) is 14.7 Å². The van der Waals surface area contributed by atoms with Gasteiger partial charge in [0.2, 0.25) is 5.91 Å². The molecular weight excluding hydrogens is 318 g/mol. The van der Waals surface area contributed by atoms with Gasteiger partial charge in [-0.1, -0.05) is 29.8 Å². The maximum absolute atomic E-state index is 12.4. The van der Waals surface area contributed by atoms with Crippen molar-refractivity contribution in [3.63, 3.8) is 0 Å². The third kappa shape index (κ3) is 4.18. The van der Waals surface area contributed by atoms with Gasteiger partial charge in [0.25, 0.3) is 0 Å². The number of likely N-dealkylation sites (tertiary alicyclic amines) is 1. The first-order valence-electron chi connectivity index (χ1n) is 8.96. The van der Waals surface area contributed by atoms with Crippen LogP contribution in [0.2, 0.25) is 0 Å². The number of rotatable bonds is 4. The highest BCUT2D eigenvalue weighted by molar-refractivity contribution is 6.35. The van der Waals surface area contributed by atoms with Crippen LogP contribution in [0.1, 0.15) is 30.4 Å². The Morgan fingerprint density at radius 2 is 1.48 bits per heavy atom. The second kappa shape index (κ2) is 7.68. The monoisotopic (exact) mass is 343 g/mol. The molecule has 0 N–H and O–H groups in total. The number of amides is 3. The number of benzene rings is 1. The van der Waals surface area contributed by atoms with Crippen LogP contribution >= 0.6 is 0 Å². The minimum atomic E-state index is -0.566. The quantitative estimate of drug-likeness (QED) is 0.771. The lowest BCUT2D eigenvalue weighted by molar-refractivity contribution is -0.158. The molecule has 2 fully saturated rings. The van der Waals surface area contributed by atoms with Crippen LogP contribution in [0.15, 0.2) is 24.3 Å². The molecule has 2 saturated heterocycles. The Labute approximate surface area is 148 Å². The summed E-state index contributed by atoms with van der Waals surface area (Å²) < 4.78 is 0. The van der Waals surface area contributed by atoms with Crippen molar-refractivity contribution in [3.05, 3.63) is 35.4 Å². The summed E-state index contributed by atoms with van der Waals surface area (Å²) in [5, 5.41) is 0. The maximum Gasteiger partial charge on any atom is 0.312 e. The van der Waals surface area contributed by atoms with Gasteiger partial charge in [-0.25, -0.2) is 0 Å². The molecule has 0 bridgehead atoms. The van der Waals surface area contributed by atoms with E-state index in [2.05, 4.69) is 0 Å². The molecule has 3 amide bonds. The molecule has 3 rings (SSSR count). The largest absolute Gasteiger partial charge is 0.341 e.